The summed E-state index contributed by atoms with van der Waals surface area (Å²) in [4.78, 5) is 13.6. The van der Waals surface area contributed by atoms with Gasteiger partial charge >= 0.3 is 0 Å². The standard InChI is InChI=1S/C21H19ClN2O3S2/c1-2-28-20-10-6-3-7-17(20)21(25)23-15-11-13-16(14-12-15)29(26,27)24-19-9-5-4-8-18(19)22/h3-14,24H,2H2,1H3,(H,23,25). The minimum Gasteiger partial charge on any atom is -0.322 e. The fraction of sp³-hybridized carbons (Fsp3) is 0.0952. The highest BCUT2D eigenvalue weighted by atomic mass is 35.5. The Labute approximate surface area is 179 Å². The molecule has 0 heterocycles. The molecule has 0 saturated carbocycles. The molecule has 29 heavy (non-hydrogen) atoms. The van der Waals surface area contributed by atoms with E-state index in [9.17, 15) is 13.2 Å². The van der Waals surface area contributed by atoms with E-state index in [4.69, 9.17) is 11.6 Å². The first-order valence-corrected chi connectivity index (χ1v) is 11.7. The molecule has 8 heteroatoms. The van der Waals surface area contributed by atoms with E-state index in [0.29, 0.717) is 22.0 Å². The maximum Gasteiger partial charge on any atom is 0.261 e. The van der Waals surface area contributed by atoms with Gasteiger partial charge in [-0.2, -0.15) is 0 Å². The van der Waals surface area contributed by atoms with Crippen LogP contribution in [0.4, 0.5) is 11.4 Å². The van der Waals surface area contributed by atoms with Crippen molar-refractivity contribution in [3.05, 3.63) is 83.4 Å². The fourth-order valence-electron chi connectivity index (χ4n) is 2.60. The van der Waals surface area contributed by atoms with Gasteiger partial charge in [-0.1, -0.05) is 42.8 Å². The predicted molar refractivity (Wildman–Crippen MR) is 119 cm³/mol. The van der Waals surface area contributed by atoms with Gasteiger partial charge in [-0.3, -0.25) is 9.52 Å². The number of anilines is 2. The van der Waals surface area contributed by atoms with Crippen LogP contribution >= 0.6 is 23.4 Å². The SMILES string of the molecule is CCSc1ccccc1C(=O)Nc1ccc(S(=O)(=O)Nc2ccccc2Cl)cc1. The van der Waals surface area contributed by atoms with Crippen molar-refractivity contribution in [1.82, 2.24) is 0 Å². The Morgan fingerprint density at radius 3 is 2.31 bits per heavy atom. The van der Waals surface area contributed by atoms with Crippen LogP contribution in [0.3, 0.4) is 0 Å². The molecular weight excluding hydrogens is 428 g/mol. The number of benzene rings is 3. The Kier molecular flexibility index (Phi) is 6.84. The smallest absolute Gasteiger partial charge is 0.261 e. The number of carbonyl (C=O) groups is 1. The van der Waals surface area contributed by atoms with Crippen molar-refractivity contribution in [3.63, 3.8) is 0 Å². The van der Waals surface area contributed by atoms with Gasteiger partial charge in [0.15, 0.2) is 0 Å². The third-order valence-corrected chi connectivity index (χ3v) is 6.64. The van der Waals surface area contributed by atoms with Crippen molar-refractivity contribution in [2.24, 2.45) is 0 Å². The lowest BCUT2D eigenvalue weighted by Crippen LogP contribution is -2.15. The Morgan fingerprint density at radius 1 is 0.966 bits per heavy atom. The first-order valence-electron chi connectivity index (χ1n) is 8.81. The number of carbonyl (C=O) groups excluding carboxylic acids is 1. The lowest BCUT2D eigenvalue weighted by atomic mass is 10.2. The van der Waals surface area contributed by atoms with Crippen LogP contribution in [0.1, 0.15) is 17.3 Å². The van der Waals surface area contributed by atoms with E-state index >= 15 is 0 Å². The number of halogens is 1. The van der Waals surface area contributed by atoms with Crippen molar-refractivity contribution in [2.45, 2.75) is 16.7 Å². The second kappa shape index (κ2) is 9.35. The first kappa shape index (κ1) is 21.2. The van der Waals surface area contributed by atoms with Gasteiger partial charge in [0, 0.05) is 10.6 Å². The summed E-state index contributed by atoms with van der Waals surface area (Å²) < 4.78 is 27.6. The van der Waals surface area contributed by atoms with Crippen molar-refractivity contribution in [2.75, 3.05) is 15.8 Å². The molecule has 0 spiro atoms. The molecule has 1 amide bonds. The molecule has 2 N–H and O–H groups in total. The molecule has 0 aliphatic heterocycles. The van der Waals surface area contributed by atoms with Crippen LogP contribution in [0.2, 0.25) is 5.02 Å². The van der Waals surface area contributed by atoms with Gasteiger partial charge in [0.25, 0.3) is 15.9 Å². The number of thioether (sulfide) groups is 1. The van der Waals surface area contributed by atoms with Crippen molar-refractivity contribution >= 4 is 50.7 Å². The average Bonchev–Trinajstić information content (AvgIpc) is 2.71. The van der Waals surface area contributed by atoms with Gasteiger partial charge in [0.2, 0.25) is 0 Å². The topological polar surface area (TPSA) is 75.3 Å². The third kappa shape index (κ3) is 5.32. The number of amides is 1. The summed E-state index contributed by atoms with van der Waals surface area (Å²) in [6.45, 7) is 2.02. The van der Waals surface area contributed by atoms with Gasteiger partial charge < -0.3 is 5.32 Å². The molecule has 0 fully saturated rings. The highest BCUT2D eigenvalue weighted by molar-refractivity contribution is 7.99. The zero-order chi connectivity index (χ0) is 20.9. The summed E-state index contributed by atoms with van der Waals surface area (Å²) in [7, 11) is -3.80. The monoisotopic (exact) mass is 446 g/mol. The van der Waals surface area contributed by atoms with Crippen LogP contribution in [-0.2, 0) is 10.0 Å². The number of para-hydroxylation sites is 1. The summed E-state index contributed by atoms with van der Waals surface area (Å²) in [6, 6.07) is 19.9. The summed E-state index contributed by atoms with van der Waals surface area (Å²) in [5, 5.41) is 3.11. The number of hydrogen-bond acceptors (Lipinski definition) is 4. The summed E-state index contributed by atoms with van der Waals surface area (Å²) in [5.74, 6) is 0.612. The molecule has 0 atom stereocenters. The van der Waals surface area contributed by atoms with E-state index in [0.717, 1.165) is 10.6 Å². The second-order valence-electron chi connectivity index (χ2n) is 5.99. The van der Waals surface area contributed by atoms with E-state index in [2.05, 4.69) is 10.0 Å². The normalized spacial score (nSPS) is 11.1. The van der Waals surface area contributed by atoms with Crippen LogP contribution in [0.15, 0.2) is 82.6 Å². The van der Waals surface area contributed by atoms with E-state index in [-0.39, 0.29) is 10.8 Å². The van der Waals surface area contributed by atoms with E-state index in [1.807, 2.05) is 25.1 Å². The molecule has 0 bridgehead atoms. The van der Waals surface area contributed by atoms with E-state index in [1.54, 1.807) is 54.2 Å². The molecule has 0 aliphatic rings. The van der Waals surface area contributed by atoms with Crippen molar-refractivity contribution < 1.29 is 13.2 Å². The van der Waals surface area contributed by atoms with Crippen molar-refractivity contribution in [3.8, 4) is 0 Å². The third-order valence-electron chi connectivity index (χ3n) is 3.97. The Balaban J connectivity index is 1.75. The van der Waals surface area contributed by atoms with Crippen LogP contribution in [0.5, 0.6) is 0 Å². The minimum absolute atomic E-state index is 0.0670. The van der Waals surface area contributed by atoms with Gasteiger partial charge in [-0.15, -0.1) is 11.8 Å². The molecule has 0 aromatic heterocycles. The first-order chi connectivity index (χ1) is 13.9. The van der Waals surface area contributed by atoms with Gasteiger partial charge in [0.1, 0.15) is 0 Å². The Bertz CT molecular complexity index is 1120. The number of nitrogens with one attached hydrogen (secondary N) is 2. The van der Waals surface area contributed by atoms with Gasteiger partial charge in [0.05, 0.1) is 21.2 Å². The molecule has 0 aliphatic carbocycles. The minimum atomic E-state index is -3.80. The van der Waals surface area contributed by atoms with Gasteiger partial charge in [-0.05, 0) is 54.3 Å². The lowest BCUT2D eigenvalue weighted by Gasteiger charge is -2.11. The molecule has 0 saturated heterocycles. The molecule has 5 nitrogen and oxygen atoms in total. The quantitative estimate of drug-likeness (QED) is 0.469. The van der Waals surface area contributed by atoms with Crippen LogP contribution in [-0.4, -0.2) is 20.1 Å². The number of rotatable bonds is 7. The zero-order valence-corrected chi connectivity index (χ0v) is 17.9. The van der Waals surface area contributed by atoms with Crippen LogP contribution in [0, 0.1) is 0 Å². The highest BCUT2D eigenvalue weighted by Gasteiger charge is 2.16. The van der Waals surface area contributed by atoms with E-state index < -0.39 is 10.0 Å². The predicted octanol–water partition coefficient (Wildman–Crippen LogP) is 5.51. The van der Waals surface area contributed by atoms with Gasteiger partial charge in [-0.25, -0.2) is 8.42 Å². The number of sulfonamides is 1. The zero-order valence-electron chi connectivity index (χ0n) is 15.6. The maximum atomic E-state index is 12.6. The molecule has 3 aromatic rings. The highest BCUT2D eigenvalue weighted by Crippen LogP contribution is 2.26. The molecular formula is C21H19ClN2O3S2. The Hall–Kier alpha value is -2.48. The average molecular weight is 447 g/mol. The molecule has 150 valence electrons. The molecule has 0 unspecified atom stereocenters. The summed E-state index contributed by atoms with van der Waals surface area (Å²) >= 11 is 7.61. The Morgan fingerprint density at radius 2 is 1.62 bits per heavy atom. The number of hydrogen-bond donors (Lipinski definition) is 2. The summed E-state index contributed by atoms with van der Waals surface area (Å²) in [5.41, 5.74) is 1.39. The largest absolute Gasteiger partial charge is 0.322 e. The van der Waals surface area contributed by atoms with Crippen molar-refractivity contribution in [1.29, 1.82) is 0 Å². The summed E-state index contributed by atoms with van der Waals surface area (Å²) in [6.07, 6.45) is 0. The maximum absolute atomic E-state index is 12.6. The second-order valence-corrected chi connectivity index (χ2v) is 9.39. The molecule has 3 aromatic carbocycles. The fourth-order valence-corrected chi connectivity index (χ4v) is 4.72. The van der Waals surface area contributed by atoms with Crippen LogP contribution < -0.4 is 10.0 Å². The molecule has 3 rings (SSSR count). The van der Waals surface area contributed by atoms with Crippen LogP contribution in [0.25, 0.3) is 0 Å². The lowest BCUT2D eigenvalue weighted by molar-refractivity contribution is 0.102. The molecule has 0 radical (unpaired) electrons. The van der Waals surface area contributed by atoms with E-state index in [1.165, 1.54) is 12.1 Å².